The van der Waals surface area contributed by atoms with E-state index >= 15 is 0 Å². The highest BCUT2D eigenvalue weighted by Crippen LogP contribution is 2.27. The van der Waals surface area contributed by atoms with Gasteiger partial charge in [-0.25, -0.2) is 13.2 Å². The third-order valence-corrected chi connectivity index (χ3v) is 5.69. The highest BCUT2D eigenvalue weighted by atomic mass is 32.2. The second-order valence-corrected chi connectivity index (χ2v) is 8.20. The minimum absolute atomic E-state index is 0.288. The van der Waals surface area contributed by atoms with Crippen molar-refractivity contribution in [1.29, 1.82) is 0 Å². The second-order valence-electron chi connectivity index (χ2n) is 5.08. The van der Waals surface area contributed by atoms with Gasteiger partial charge in [0.1, 0.15) is 4.90 Å². The minimum Gasteiger partial charge on any atom is -0.334 e. The summed E-state index contributed by atoms with van der Waals surface area (Å²) < 4.78 is 27.4. The summed E-state index contributed by atoms with van der Waals surface area (Å²) in [6.07, 6.45) is 1.57. The molecule has 0 saturated heterocycles. The maximum Gasteiger partial charge on any atom is 0.319 e. The van der Waals surface area contributed by atoms with Crippen molar-refractivity contribution >= 4 is 38.8 Å². The van der Waals surface area contributed by atoms with Crippen LogP contribution in [0.15, 0.2) is 47.9 Å². The van der Waals surface area contributed by atoms with E-state index < -0.39 is 10.0 Å². The van der Waals surface area contributed by atoms with Crippen molar-refractivity contribution in [3.63, 3.8) is 0 Å². The Morgan fingerprint density at radius 2 is 1.83 bits per heavy atom. The number of urea groups is 1. The molecule has 2 aromatic rings. The molecular formula is C16H19N3O3S2. The molecule has 128 valence electrons. The van der Waals surface area contributed by atoms with Crippen molar-refractivity contribution in [3.05, 3.63) is 52.7 Å². The monoisotopic (exact) mass is 365 g/mol. The van der Waals surface area contributed by atoms with E-state index in [1.54, 1.807) is 43.3 Å². The molecule has 0 aliphatic rings. The summed E-state index contributed by atoms with van der Waals surface area (Å²) in [5.74, 6) is 0. The predicted octanol–water partition coefficient (Wildman–Crippen LogP) is 3.47. The van der Waals surface area contributed by atoms with Gasteiger partial charge in [0.05, 0.1) is 0 Å². The van der Waals surface area contributed by atoms with Gasteiger partial charge in [0.25, 0.3) is 10.0 Å². The number of sulfonamides is 1. The van der Waals surface area contributed by atoms with Crippen molar-refractivity contribution in [2.24, 2.45) is 0 Å². The van der Waals surface area contributed by atoms with Crippen LogP contribution in [0.4, 0.5) is 16.2 Å². The fraction of sp³-hybridized carbons (Fsp3) is 0.188. The molecule has 0 fully saturated rings. The zero-order valence-electron chi connectivity index (χ0n) is 13.4. The van der Waals surface area contributed by atoms with Crippen LogP contribution in [-0.2, 0) is 10.0 Å². The van der Waals surface area contributed by atoms with E-state index in [1.807, 2.05) is 6.92 Å². The highest BCUT2D eigenvalue weighted by molar-refractivity contribution is 7.93. The van der Waals surface area contributed by atoms with Crippen molar-refractivity contribution in [2.45, 2.75) is 18.7 Å². The molecule has 1 heterocycles. The molecule has 2 amide bonds. The van der Waals surface area contributed by atoms with E-state index in [9.17, 15) is 13.2 Å². The maximum absolute atomic E-state index is 12.4. The first-order valence-electron chi connectivity index (χ1n) is 7.17. The molecule has 2 rings (SSSR count). The number of carbonyl (C=O) groups excluding carboxylic acids is 1. The Labute approximate surface area is 145 Å². The van der Waals surface area contributed by atoms with E-state index in [1.165, 1.54) is 11.3 Å². The lowest BCUT2D eigenvalue weighted by molar-refractivity contribution is 0.253. The zero-order chi connectivity index (χ0) is 17.7. The normalized spacial score (nSPS) is 10.9. The van der Waals surface area contributed by atoms with Gasteiger partial charge >= 0.3 is 6.03 Å². The summed E-state index contributed by atoms with van der Waals surface area (Å²) in [6.45, 7) is 7.52. The van der Waals surface area contributed by atoms with Crippen molar-refractivity contribution in [1.82, 2.24) is 5.32 Å². The van der Waals surface area contributed by atoms with E-state index in [2.05, 4.69) is 21.9 Å². The molecule has 6 nitrogen and oxygen atoms in total. The van der Waals surface area contributed by atoms with Crippen molar-refractivity contribution in [3.8, 4) is 0 Å². The number of anilines is 2. The van der Waals surface area contributed by atoms with Gasteiger partial charge in [0.2, 0.25) is 0 Å². The lowest BCUT2D eigenvalue weighted by Gasteiger charge is -2.09. The van der Waals surface area contributed by atoms with Crippen LogP contribution in [0.5, 0.6) is 0 Å². The van der Waals surface area contributed by atoms with E-state index in [0.717, 1.165) is 9.75 Å². The summed E-state index contributed by atoms with van der Waals surface area (Å²) in [6, 6.07) is 7.73. The topological polar surface area (TPSA) is 87.3 Å². The molecule has 0 aliphatic heterocycles. The Hall–Kier alpha value is -2.32. The SMILES string of the molecule is C=CCNC(=O)Nc1ccc(NS(=O)(=O)c2cc(C)sc2C)cc1. The lowest BCUT2D eigenvalue weighted by atomic mass is 10.3. The van der Waals surface area contributed by atoms with Crippen LogP contribution >= 0.6 is 11.3 Å². The molecule has 0 bridgehead atoms. The number of benzene rings is 1. The Kier molecular flexibility index (Phi) is 5.63. The predicted molar refractivity (Wildman–Crippen MR) is 98.3 cm³/mol. The lowest BCUT2D eigenvalue weighted by Crippen LogP contribution is -2.28. The number of hydrogen-bond donors (Lipinski definition) is 3. The Balaban J connectivity index is 2.07. The van der Waals surface area contributed by atoms with Crippen LogP contribution in [-0.4, -0.2) is 21.0 Å². The first kappa shape index (κ1) is 18.0. The summed E-state index contributed by atoms with van der Waals surface area (Å²) in [5, 5.41) is 5.22. The largest absolute Gasteiger partial charge is 0.334 e. The highest BCUT2D eigenvalue weighted by Gasteiger charge is 2.19. The number of nitrogens with one attached hydrogen (secondary N) is 3. The minimum atomic E-state index is -3.62. The van der Waals surface area contributed by atoms with Gasteiger partial charge in [-0.05, 0) is 44.2 Å². The summed E-state index contributed by atoms with van der Waals surface area (Å²) in [7, 11) is -3.62. The number of hydrogen-bond acceptors (Lipinski definition) is 4. The van der Waals surface area contributed by atoms with Crippen LogP contribution in [0.25, 0.3) is 0 Å². The van der Waals surface area contributed by atoms with Crippen LogP contribution in [0, 0.1) is 13.8 Å². The summed E-state index contributed by atoms with van der Waals surface area (Å²) in [4.78, 5) is 13.5. The van der Waals surface area contributed by atoms with E-state index in [-0.39, 0.29) is 10.9 Å². The fourth-order valence-corrected chi connectivity index (χ4v) is 4.66. The smallest absolute Gasteiger partial charge is 0.319 e. The van der Waals surface area contributed by atoms with Gasteiger partial charge in [-0.1, -0.05) is 6.08 Å². The number of carbonyl (C=O) groups is 1. The van der Waals surface area contributed by atoms with Crippen LogP contribution in [0.1, 0.15) is 9.75 Å². The standard InChI is InChI=1S/C16H19N3O3S2/c1-4-9-17-16(20)18-13-5-7-14(8-6-13)19-24(21,22)15-10-11(2)23-12(15)3/h4-8,10,19H,1,9H2,2-3H3,(H2,17,18,20). The third-order valence-electron chi connectivity index (χ3n) is 3.09. The Morgan fingerprint density at radius 1 is 1.21 bits per heavy atom. The molecule has 0 aliphatic carbocycles. The Morgan fingerprint density at radius 3 is 2.38 bits per heavy atom. The van der Waals surface area contributed by atoms with Gasteiger partial charge < -0.3 is 10.6 Å². The van der Waals surface area contributed by atoms with Gasteiger partial charge in [-0.3, -0.25) is 4.72 Å². The molecule has 0 unspecified atom stereocenters. The average molecular weight is 365 g/mol. The average Bonchev–Trinajstić information content (AvgIpc) is 2.86. The van der Waals surface area contributed by atoms with Crippen LogP contribution < -0.4 is 15.4 Å². The second kappa shape index (κ2) is 7.50. The number of amides is 2. The summed E-state index contributed by atoms with van der Waals surface area (Å²) in [5.41, 5.74) is 0.984. The first-order valence-corrected chi connectivity index (χ1v) is 9.47. The number of rotatable bonds is 6. The quantitative estimate of drug-likeness (QED) is 0.685. The first-order chi connectivity index (χ1) is 11.3. The van der Waals surface area contributed by atoms with Gasteiger partial charge in [-0.15, -0.1) is 17.9 Å². The molecule has 0 radical (unpaired) electrons. The van der Waals surface area contributed by atoms with Crippen molar-refractivity contribution < 1.29 is 13.2 Å². The van der Waals surface area contributed by atoms with E-state index in [4.69, 9.17) is 0 Å². The molecule has 3 N–H and O–H groups in total. The summed E-state index contributed by atoms with van der Waals surface area (Å²) >= 11 is 1.44. The van der Waals surface area contributed by atoms with Gasteiger partial charge in [-0.2, -0.15) is 0 Å². The number of aryl methyl sites for hydroxylation is 2. The molecule has 0 saturated carbocycles. The van der Waals surface area contributed by atoms with Crippen molar-refractivity contribution in [2.75, 3.05) is 16.6 Å². The molecule has 1 aromatic carbocycles. The van der Waals surface area contributed by atoms with Gasteiger partial charge in [0.15, 0.2) is 0 Å². The Bertz CT molecular complexity index is 840. The fourth-order valence-electron chi connectivity index (χ4n) is 2.05. The zero-order valence-corrected chi connectivity index (χ0v) is 15.1. The molecule has 0 atom stereocenters. The third kappa shape index (κ3) is 4.59. The molecule has 24 heavy (non-hydrogen) atoms. The van der Waals surface area contributed by atoms with Gasteiger partial charge in [0, 0.05) is 27.7 Å². The molecule has 8 heteroatoms. The molecular weight excluding hydrogens is 346 g/mol. The molecule has 0 spiro atoms. The van der Waals surface area contributed by atoms with Crippen LogP contribution in [0.2, 0.25) is 0 Å². The number of thiophene rings is 1. The maximum atomic E-state index is 12.4. The van der Waals surface area contributed by atoms with E-state index in [0.29, 0.717) is 17.9 Å². The van der Waals surface area contributed by atoms with Crippen LogP contribution in [0.3, 0.4) is 0 Å². The molecule has 1 aromatic heterocycles.